The first-order chi connectivity index (χ1) is 2.77. The van der Waals surface area contributed by atoms with Crippen molar-refractivity contribution in [2.24, 2.45) is 0 Å². The summed E-state index contributed by atoms with van der Waals surface area (Å²) in [6.45, 7) is 0. The fourth-order valence-electron chi connectivity index (χ4n) is 0.0373. The molecule has 0 spiro atoms. The zero-order valence-electron chi connectivity index (χ0n) is 5.38. The molecule has 0 aliphatic carbocycles. The molecular weight excluding hydrogens is 144 g/mol. The van der Waals surface area contributed by atoms with Crippen molar-refractivity contribution in [1.29, 1.82) is 5.26 Å². The van der Waals surface area contributed by atoms with E-state index < -0.39 is 11.3 Å². The van der Waals surface area contributed by atoms with E-state index >= 15 is 0 Å². The molecule has 1 N–H and O–H groups in total. The summed E-state index contributed by atoms with van der Waals surface area (Å²) in [6, 6.07) is 0. The second-order valence-electron chi connectivity index (χ2n) is 0.449. The van der Waals surface area contributed by atoms with E-state index in [1.165, 1.54) is 10.9 Å². The van der Waals surface area contributed by atoms with E-state index in [-0.39, 0.29) is 40.6 Å². The van der Waals surface area contributed by atoms with Gasteiger partial charge in [-0.15, -0.1) is 0 Å². The van der Waals surface area contributed by atoms with Gasteiger partial charge in [0.2, 0.25) is 0 Å². The molecule has 6 heteroatoms. The van der Waals surface area contributed by atoms with Gasteiger partial charge in [-0.25, -0.2) is 0 Å². The van der Waals surface area contributed by atoms with Gasteiger partial charge in [0.15, 0.2) is 6.19 Å². The molecule has 0 radical (unpaired) electrons. The average molecular weight is 147 g/mol. The molecule has 38 valence electrons. The third-order valence-corrected chi connectivity index (χ3v) is 0.387. The summed E-state index contributed by atoms with van der Waals surface area (Å²) in [5, 5.41) is 7.48. The first-order valence-electron chi connectivity index (χ1n) is 1.01. The maximum atomic E-state index is 9.27. The van der Waals surface area contributed by atoms with Crippen molar-refractivity contribution >= 4 is 49.0 Å². The van der Waals surface area contributed by atoms with Gasteiger partial charge in [-0.1, -0.05) is 0 Å². The molecule has 0 rings (SSSR count). The summed E-state index contributed by atoms with van der Waals surface area (Å²) in [4.78, 5) is 0. The molecular formula is CH3CaN2O2S-. The number of nitrogens with zero attached hydrogens (tertiary/aromatic N) is 1. The Labute approximate surface area is 76.3 Å². The van der Waals surface area contributed by atoms with Crippen LogP contribution >= 0.6 is 0 Å². The van der Waals surface area contributed by atoms with Gasteiger partial charge in [0.05, 0.1) is 11.3 Å². The molecule has 4 nitrogen and oxygen atoms in total. The van der Waals surface area contributed by atoms with Gasteiger partial charge >= 0.3 is 37.7 Å². The van der Waals surface area contributed by atoms with Crippen LogP contribution in [0.3, 0.4) is 0 Å². The van der Waals surface area contributed by atoms with Crippen LogP contribution in [-0.4, -0.2) is 46.5 Å². The Bertz CT molecular complexity index is 105. The second-order valence-corrected chi connectivity index (χ2v) is 1.12. The minimum atomic E-state index is -2.43. The fourth-order valence-corrected chi connectivity index (χ4v) is 0.112. The topological polar surface area (TPSA) is 76.0 Å². The van der Waals surface area contributed by atoms with E-state index in [4.69, 9.17) is 5.26 Å². The molecule has 0 aromatic heterocycles. The zero-order valence-corrected chi connectivity index (χ0v) is 6.40. The standard InChI is InChI=1S/CH2N2O2S.Ca.2H/c2-1-3-6(4)5;;;/h3H,(H,4,5);;;/q;+2;2*-1/p-1. The van der Waals surface area contributed by atoms with Crippen LogP contribution in [-0.2, 0) is 11.3 Å². The summed E-state index contributed by atoms with van der Waals surface area (Å²) in [5.41, 5.74) is 0. The summed E-state index contributed by atoms with van der Waals surface area (Å²) in [7, 11) is 0. The van der Waals surface area contributed by atoms with Crippen molar-refractivity contribution < 1.29 is 11.6 Å². The predicted octanol–water partition coefficient (Wildman–Crippen LogP) is -1.30. The van der Waals surface area contributed by atoms with Crippen LogP contribution in [0.4, 0.5) is 0 Å². The number of rotatable bonds is 1. The minimum Gasteiger partial charge on any atom is -1.00 e. The molecule has 1 atom stereocenters. The molecule has 0 saturated heterocycles. The zero-order chi connectivity index (χ0) is 4.99. The monoisotopic (exact) mass is 147 g/mol. The van der Waals surface area contributed by atoms with Crippen molar-refractivity contribution in [2.75, 3.05) is 0 Å². The molecule has 0 bridgehead atoms. The first-order valence-corrected chi connectivity index (χ1v) is 2.09. The Morgan fingerprint density at radius 3 is 2.43 bits per heavy atom. The van der Waals surface area contributed by atoms with Gasteiger partial charge in [0.25, 0.3) is 0 Å². The van der Waals surface area contributed by atoms with Crippen LogP contribution in [0, 0.1) is 11.5 Å². The smallest absolute Gasteiger partial charge is 1.00 e. The number of hydrogen-bond donors (Lipinski definition) is 1. The van der Waals surface area contributed by atoms with Gasteiger partial charge in [0.1, 0.15) is 0 Å². The molecule has 0 aromatic rings. The molecule has 0 amide bonds. The SMILES string of the molecule is N#CNS(=O)[O-].[Ca+2].[H-].[H-]. The quantitative estimate of drug-likeness (QED) is 0.217. The number of hydrogen-bond acceptors (Lipinski definition) is 3. The molecule has 0 saturated carbocycles. The summed E-state index contributed by atoms with van der Waals surface area (Å²) in [5.74, 6) is 0. The van der Waals surface area contributed by atoms with Crippen LogP contribution in [0.2, 0.25) is 0 Å². The third-order valence-electron chi connectivity index (χ3n) is 0.129. The van der Waals surface area contributed by atoms with E-state index in [0.717, 1.165) is 0 Å². The summed E-state index contributed by atoms with van der Waals surface area (Å²) < 4.78 is 20.0. The van der Waals surface area contributed by atoms with Gasteiger partial charge < -0.3 is 7.41 Å². The average Bonchev–Trinajstić information content (AvgIpc) is 1.35. The van der Waals surface area contributed by atoms with E-state index in [0.29, 0.717) is 0 Å². The maximum Gasteiger partial charge on any atom is 2.00 e. The molecule has 0 heterocycles. The normalized spacial score (nSPS) is 10.3. The Hall–Kier alpha value is 0.660. The second kappa shape index (κ2) is 6.66. The molecule has 7 heavy (non-hydrogen) atoms. The summed E-state index contributed by atoms with van der Waals surface area (Å²) >= 11 is -2.43. The van der Waals surface area contributed by atoms with Crippen molar-refractivity contribution in [2.45, 2.75) is 0 Å². The largest absolute Gasteiger partial charge is 2.00 e. The Kier molecular flexibility index (Phi) is 10.1. The van der Waals surface area contributed by atoms with Crippen LogP contribution < -0.4 is 4.72 Å². The van der Waals surface area contributed by atoms with Crippen LogP contribution in [0.25, 0.3) is 0 Å². The number of nitriles is 1. The Morgan fingerprint density at radius 1 is 2.00 bits per heavy atom. The fraction of sp³-hybridized carbons (Fsp3) is 0. The van der Waals surface area contributed by atoms with Gasteiger partial charge in [-0.3, -0.25) is 8.93 Å². The minimum absolute atomic E-state index is 0. The molecule has 0 aliphatic rings. The molecule has 1 unspecified atom stereocenters. The van der Waals surface area contributed by atoms with E-state index in [9.17, 15) is 8.76 Å². The van der Waals surface area contributed by atoms with Crippen molar-refractivity contribution in [3.8, 4) is 6.19 Å². The number of nitrogens with one attached hydrogen (secondary N) is 1. The van der Waals surface area contributed by atoms with Crippen LogP contribution in [0.1, 0.15) is 2.85 Å². The van der Waals surface area contributed by atoms with Crippen molar-refractivity contribution in [3.63, 3.8) is 0 Å². The predicted molar refractivity (Wildman–Crippen MR) is 25.6 cm³/mol. The van der Waals surface area contributed by atoms with Gasteiger partial charge in [-0.2, -0.15) is 5.26 Å². The Balaban J connectivity index is -0.0000000417. The summed E-state index contributed by atoms with van der Waals surface area (Å²) in [6.07, 6.45) is 1.20. The van der Waals surface area contributed by atoms with Crippen LogP contribution in [0.5, 0.6) is 0 Å². The van der Waals surface area contributed by atoms with Crippen molar-refractivity contribution in [1.82, 2.24) is 4.72 Å². The maximum absolute atomic E-state index is 9.27. The Morgan fingerprint density at radius 2 is 2.43 bits per heavy atom. The van der Waals surface area contributed by atoms with Crippen LogP contribution in [0.15, 0.2) is 0 Å². The van der Waals surface area contributed by atoms with Gasteiger partial charge in [-0.05, 0) is 0 Å². The molecule has 0 fully saturated rings. The van der Waals surface area contributed by atoms with Gasteiger partial charge in [0, 0.05) is 0 Å². The first kappa shape index (κ1) is 10.6. The third kappa shape index (κ3) is 10.8. The van der Waals surface area contributed by atoms with E-state index in [1.54, 1.807) is 0 Å². The van der Waals surface area contributed by atoms with E-state index in [2.05, 4.69) is 0 Å². The molecule has 0 aromatic carbocycles. The molecule has 0 aliphatic heterocycles. The van der Waals surface area contributed by atoms with E-state index in [1.807, 2.05) is 0 Å². The van der Waals surface area contributed by atoms with Crippen molar-refractivity contribution in [3.05, 3.63) is 0 Å².